The van der Waals surface area contributed by atoms with Gasteiger partial charge in [-0.2, -0.15) is 0 Å². The molecule has 0 spiro atoms. The average molecular weight is 294 g/mol. The van der Waals surface area contributed by atoms with Crippen LogP contribution in [0.3, 0.4) is 0 Å². The van der Waals surface area contributed by atoms with Gasteiger partial charge in [0, 0.05) is 6.42 Å². The first kappa shape index (κ1) is 19.9. The summed E-state index contributed by atoms with van der Waals surface area (Å²) in [6.45, 7) is 2.26. The third-order valence-corrected chi connectivity index (χ3v) is 3.62. The molecule has 2 nitrogen and oxygen atoms in total. The highest BCUT2D eigenvalue weighted by Gasteiger charge is 1.93. The van der Waals surface area contributed by atoms with Crippen molar-refractivity contribution in [3.8, 4) is 0 Å². The van der Waals surface area contributed by atoms with Gasteiger partial charge in [0.25, 0.3) is 0 Å². The van der Waals surface area contributed by atoms with Crippen molar-refractivity contribution in [3.63, 3.8) is 0 Å². The first-order valence-electron chi connectivity index (χ1n) is 8.80. The summed E-state index contributed by atoms with van der Waals surface area (Å²) >= 11 is 0. The number of carboxylic acids is 1. The van der Waals surface area contributed by atoms with Crippen LogP contribution in [0.5, 0.6) is 0 Å². The Morgan fingerprint density at radius 3 is 1.76 bits per heavy atom. The topological polar surface area (TPSA) is 37.3 Å². The van der Waals surface area contributed by atoms with E-state index in [-0.39, 0.29) is 6.42 Å². The fraction of sp³-hybridized carbons (Fsp3) is 0.737. The lowest BCUT2D eigenvalue weighted by Crippen LogP contribution is -1.92. The van der Waals surface area contributed by atoms with Crippen LogP contribution < -0.4 is 0 Å². The molecule has 1 N–H and O–H groups in total. The monoisotopic (exact) mass is 294 g/mol. The quantitative estimate of drug-likeness (QED) is 0.285. The molecular formula is C19H34O2. The number of carbonyl (C=O) groups is 1. The van der Waals surface area contributed by atoms with E-state index < -0.39 is 5.97 Å². The fourth-order valence-corrected chi connectivity index (χ4v) is 2.29. The summed E-state index contributed by atoms with van der Waals surface area (Å²) in [5.74, 6) is -0.704. The van der Waals surface area contributed by atoms with E-state index in [9.17, 15) is 4.79 Å². The molecule has 21 heavy (non-hydrogen) atoms. The smallest absolute Gasteiger partial charge is 0.303 e. The van der Waals surface area contributed by atoms with Crippen molar-refractivity contribution in [2.75, 3.05) is 0 Å². The second-order valence-electron chi connectivity index (χ2n) is 5.76. The van der Waals surface area contributed by atoms with Gasteiger partial charge in [-0.3, -0.25) is 4.79 Å². The first-order valence-corrected chi connectivity index (χ1v) is 8.80. The molecule has 0 aromatic rings. The predicted octanol–water partition coefficient (Wildman–Crippen LogP) is 6.27. The molecule has 122 valence electrons. The predicted molar refractivity (Wildman–Crippen MR) is 91.6 cm³/mol. The van der Waals surface area contributed by atoms with E-state index in [0.717, 1.165) is 19.3 Å². The minimum absolute atomic E-state index is 0.270. The average Bonchev–Trinajstić information content (AvgIpc) is 2.46. The van der Waals surface area contributed by atoms with E-state index in [2.05, 4.69) is 25.2 Å². The lowest BCUT2D eigenvalue weighted by Gasteiger charge is -2.00. The van der Waals surface area contributed by atoms with Gasteiger partial charge in [-0.15, -0.1) is 0 Å². The molecule has 0 heterocycles. The number of allylic oxidation sites excluding steroid dienone is 4. The van der Waals surface area contributed by atoms with Crippen molar-refractivity contribution in [1.82, 2.24) is 0 Å². The summed E-state index contributed by atoms with van der Waals surface area (Å²) in [7, 11) is 0. The first-order chi connectivity index (χ1) is 10.3. The van der Waals surface area contributed by atoms with Gasteiger partial charge >= 0.3 is 5.97 Å². The highest BCUT2D eigenvalue weighted by Crippen LogP contribution is 2.10. The highest BCUT2D eigenvalue weighted by atomic mass is 16.4. The molecule has 0 aliphatic rings. The van der Waals surface area contributed by atoms with Gasteiger partial charge in [0.2, 0.25) is 0 Å². The molecule has 0 aliphatic carbocycles. The van der Waals surface area contributed by atoms with Crippen molar-refractivity contribution in [2.24, 2.45) is 0 Å². The molecule has 0 saturated heterocycles. The summed E-state index contributed by atoms with van der Waals surface area (Å²) in [6.07, 6.45) is 23.8. The highest BCUT2D eigenvalue weighted by molar-refractivity contribution is 5.66. The Balaban J connectivity index is 3.18. The standard InChI is InChI=1S/C19H34O2/c1-2-3-4-5-6-7-8-9-10-11-12-13-14-15-16-17-18-19(20)21/h12-15H,2-11,16-18H2,1H3,(H,20,21)/b13-12+,15-14+. The third kappa shape index (κ3) is 18.9. The maximum atomic E-state index is 10.3. The van der Waals surface area contributed by atoms with Crippen LogP contribution in [-0.4, -0.2) is 11.1 Å². The molecule has 0 radical (unpaired) electrons. The van der Waals surface area contributed by atoms with Gasteiger partial charge < -0.3 is 5.11 Å². The second kappa shape index (κ2) is 17.0. The van der Waals surface area contributed by atoms with Crippen LogP contribution in [0.25, 0.3) is 0 Å². The van der Waals surface area contributed by atoms with Crippen LogP contribution in [0, 0.1) is 0 Å². The molecule has 0 atom stereocenters. The van der Waals surface area contributed by atoms with Gasteiger partial charge in [0.15, 0.2) is 0 Å². The number of rotatable bonds is 15. The summed E-state index contributed by atoms with van der Waals surface area (Å²) in [6, 6.07) is 0. The lowest BCUT2D eigenvalue weighted by molar-refractivity contribution is -0.137. The fourth-order valence-electron chi connectivity index (χ4n) is 2.29. The Hall–Kier alpha value is -1.05. The summed E-state index contributed by atoms with van der Waals surface area (Å²) in [5.41, 5.74) is 0. The normalized spacial score (nSPS) is 11.7. The van der Waals surface area contributed by atoms with Gasteiger partial charge in [0.05, 0.1) is 0 Å². The molecule has 0 unspecified atom stereocenters. The van der Waals surface area contributed by atoms with E-state index >= 15 is 0 Å². The maximum absolute atomic E-state index is 10.3. The zero-order valence-corrected chi connectivity index (χ0v) is 13.9. The number of hydrogen-bond acceptors (Lipinski definition) is 1. The number of aliphatic carboxylic acids is 1. The Morgan fingerprint density at radius 2 is 1.24 bits per heavy atom. The lowest BCUT2D eigenvalue weighted by atomic mass is 10.1. The van der Waals surface area contributed by atoms with Crippen molar-refractivity contribution >= 4 is 5.97 Å². The van der Waals surface area contributed by atoms with Gasteiger partial charge in [-0.25, -0.2) is 0 Å². The van der Waals surface area contributed by atoms with Crippen LogP contribution in [0.4, 0.5) is 0 Å². The summed E-state index contributed by atoms with van der Waals surface area (Å²) in [4.78, 5) is 10.3. The van der Waals surface area contributed by atoms with Crippen molar-refractivity contribution in [1.29, 1.82) is 0 Å². The Morgan fingerprint density at radius 1 is 0.762 bits per heavy atom. The number of unbranched alkanes of at least 4 members (excludes halogenated alkanes) is 10. The Bertz CT molecular complexity index is 279. The van der Waals surface area contributed by atoms with Crippen molar-refractivity contribution in [2.45, 2.75) is 90.4 Å². The van der Waals surface area contributed by atoms with E-state index in [1.54, 1.807) is 0 Å². The zero-order chi connectivity index (χ0) is 15.6. The summed E-state index contributed by atoms with van der Waals surface area (Å²) in [5, 5.41) is 8.49. The SMILES string of the molecule is CCCCCCCCCCC/C=C/C=C/CCCC(=O)O. The van der Waals surface area contributed by atoms with E-state index in [4.69, 9.17) is 5.11 Å². The molecule has 0 aromatic heterocycles. The maximum Gasteiger partial charge on any atom is 0.303 e. The third-order valence-electron chi connectivity index (χ3n) is 3.62. The van der Waals surface area contributed by atoms with Crippen LogP contribution in [0.15, 0.2) is 24.3 Å². The van der Waals surface area contributed by atoms with Gasteiger partial charge in [0.1, 0.15) is 0 Å². The van der Waals surface area contributed by atoms with Crippen molar-refractivity contribution < 1.29 is 9.90 Å². The molecule has 0 bridgehead atoms. The Kier molecular flexibility index (Phi) is 16.2. The molecule has 0 amide bonds. The molecule has 0 aromatic carbocycles. The van der Waals surface area contributed by atoms with Gasteiger partial charge in [-0.05, 0) is 25.7 Å². The van der Waals surface area contributed by atoms with E-state index in [1.807, 2.05) is 6.08 Å². The minimum atomic E-state index is -0.704. The second-order valence-corrected chi connectivity index (χ2v) is 5.76. The number of carboxylic acid groups (broad SMARTS) is 1. The Labute approximate surface area is 131 Å². The van der Waals surface area contributed by atoms with Gasteiger partial charge in [-0.1, -0.05) is 82.6 Å². The van der Waals surface area contributed by atoms with Crippen LogP contribution in [-0.2, 0) is 4.79 Å². The molecular weight excluding hydrogens is 260 g/mol. The largest absolute Gasteiger partial charge is 0.481 e. The molecule has 0 rings (SSSR count). The molecule has 0 fully saturated rings. The van der Waals surface area contributed by atoms with Crippen LogP contribution in [0.2, 0.25) is 0 Å². The van der Waals surface area contributed by atoms with Crippen LogP contribution >= 0.6 is 0 Å². The number of hydrogen-bond donors (Lipinski definition) is 1. The zero-order valence-electron chi connectivity index (χ0n) is 13.9. The van der Waals surface area contributed by atoms with E-state index in [1.165, 1.54) is 57.8 Å². The molecule has 0 aliphatic heterocycles. The molecule has 2 heteroatoms. The van der Waals surface area contributed by atoms with Crippen LogP contribution in [0.1, 0.15) is 90.4 Å². The minimum Gasteiger partial charge on any atom is -0.481 e. The molecule has 0 saturated carbocycles. The van der Waals surface area contributed by atoms with Crippen molar-refractivity contribution in [3.05, 3.63) is 24.3 Å². The van der Waals surface area contributed by atoms with E-state index in [0.29, 0.717) is 0 Å². The summed E-state index contributed by atoms with van der Waals surface area (Å²) < 4.78 is 0.